The van der Waals surface area contributed by atoms with Crippen LogP contribution in [0.1, 0.15) is 16.6 Å². The largest absolute Gasteiger partial charge is 0.313 e. The van der Waals surface area contributed by atoms with Gasteiger partial charge in [0, 0.05) is 12.5 Å². The molecule has 0 radical (unpaired) electrons. The molecule has 3 aromatic rings. The van der Waals surface area contributed by atoms with E-state index in [1.165, 1.54) is 10.8 Å². The number of benzene rings is 2. The maximum atomic E-state index is 13.3. The number of rotatable bonds is 4. The van der Waals surface area contributed by atoms with Crippen LogP contribution in [0.5, 0.6) is 0 Å². The fourth-order valence-corrected chi connectivity index (χ4v) is 3.50. The van der Waals surface area contributed by atoms with Crippen molar-refractivity contribution in [2.75, 3.05) is 7.05 Å². The van der Waals surface area contributed by atoms with Crippen molar-refractivity contribution in [3.63, 3.8) is 0 Å². The molecule has 5 heteroatoms. The minimum absolute atomic E-state index is 0.0589. The Labute approximate surface area is 131 Å². The SMILES string of the molecule is CNC(Cc1nc2ccccc2s1)c1ccc(F)c(Cl)c1. The molecule has 108 valence electrons. The summed E-state index contributed by atoms with van der Waals surface area (Å²) in [6.07, 6.45) is 0.748. The molecular weight excluding hydrogens is 307 g/mol. The number of hydrogen-bond donors (Lipinski definition) is 1. The first-order valence-corrected chi connectivity index (χ1v) is 7.83. The Hall–Kier alpha value is -1.49. The highest BCUT2D eigenvalue weighted by Gasteiger charge is 2.14. The minimum Gasteiger partial charge on any atom is -0.313 e. The van der Waals surface area contributed by atoms with Crippen molar-refractivity contribution < 1.29 is 4.39 Å². The molecule has 0 amide bonds. The lowest BCUT2D eigenvalue weighted by atomic mass is 10.0. The number of para-hydroxylation sites is 1. The summed E-state index contributed by atoms with van der Waals surface area (Å²) in [6.45, 7) is 0. The van der Waals surface area contributed by atoms with Crippen molar-refractivity contribution in [1.82, 2.24) is 10.3 Å². The smallest absolute Gasteiger partial charge is 0.141 e. The fraction of sp³-hybridized carbons (Fsp3) is 0.188. The third-order valence-electron chi connectivity index (χ3n) is 3.41. The molecule has 0 saturated heterocycles. The second-order valence-electron chi connectivity index (χ2n) is 4.79. The molecule has 3 rings (SSSR count). The summed E-state index contributed by atoms with van der Waals surface area (Å²) in [4.78, 5) is 4.64. The highest BCUT2D eigenvalue weighted by atomic mass is 35.5. The van der Waals surface area contributed by atoms with Crippen LogP contribution < -0.4 is 5.32 Å². The third-order valence-corrected chi connectivity index (χ3v) is 4.76. The van der Waals surface area contributed by atoms with Gasteiger partial charge in [-0.05, 0) is 36.9 Å². The van der Waals surface area contributed by atoms with E-state index in [2.05, 4.69) is 16.4 Å². The molecular formula is C16H14ClFN2S. The molecule has 1 heterocycles. The summed E-state index contributed by atoms with van der Waals surface area (Å²) in [7, 11) is 1.88. The van der Waals surface area contributed by atoms with Crippen molar-refractivity contribution in [3.05, 3.63) is 63.9 Å². The van der Waals surface area contributed by atoms with E-state index in [1.54, 1.807) is 23.5 Å². The molecule has 21 heavy (non-hydrogen) atoms. The van der Waals surface area contributed by atoms with Crippen LogP contribution in [0, 0.1) is 5.82 Å². The molecule has 0 fully saturated rings. The van der Waals surface area contributed by atoms with Crippen LogP contribution >= 0.6 is 22.9 Å². The van der Waals surface area contributed by atoms with E-state index in [1.807, 2.05) is 25.2 Å². The van der Waals surface area contributed by atoms with Gasteiger partial charge in [-0.1, -0.05) is 29.8 Å². The first-order valence-electron chi connectivity index (χ1n) is 6.64. The Kier molecular flexibility index (Phi) is 4.19. The zero-order valence-electron chi connectivity index (χ0n) is 11.4. The van der Waals surface area contributed by atoms with Gasteiger partial charge in [-0.3, -0.25) is 0 Å². The highest BCUT2D eigenvalue weighted by molar-refractivity contribution is 7.18. The first-order chi connectivity index (χ1) is 10.2. The maximum Gasteiger partial charge on any atom is 0.141 e. The van der Waals surface area contributed by atoms with Crippen molar-refractivity contribution in [2.24, 2.45) is 0 Å². The van der Waals surface area contributed by atoms with Gasteiger partial charge in [0.2, 0.25) is 0 Å². The molecule has 0 bridgehead atoms. The maximum absolute atomic E-state index is 13.3. The van der Waals surface area contributed by atoms with Crippen LogP contribution in [0.15, 0.2) is 42.5 Å². The van der Waals surface area contributed by atoms with Gasteiger partial charge in [0.05, 0.1) is 20.2 Å². The molecule has 1 N–H and O–H groups in total. The molecule has 1 aromatic heterocycles. The minimum atomic E-state index is -0.393. The Morgan fingerprint density at radius 3 is 2.81 bits per heavy atom. The monoisotopic (exact) mass is 320 g/mol. The van der Waals surface area contributed by atoms with E-state index in [4.69, 9.17) is 11.6 Å². The fourth-order valence-electron chi connectivity index (χ4n) is 2.30. The van der Waals surface area contributed by atoms with Crippen molar-refractivity contribution in [1.29, 1.82) is 0 Å². The predicted octanol–water partition coefficient (Wildman–Crippen LogP) is 4.59. The number of aromatic nitrogens is 1. The topological polar surface area (TPSA) is 24.9 Å². The van der Waals surface area contributed by atoms with Gasteiger partial charge in [-0.15, -0.1) is 11.3 Å². The number of thiazole rings is 1. The van der Waals surface area contributed by atoms with E-state index in [0.717, 1.165) is 22.5 Å². The molecule has 0 aliphatic carbocycles. The summed E-state index contributed by atoms with van der Waals surface area (Å²) in [6, 6.07) is 13.0. The lowest BCUT2D eigenvalue weighted by Crippen LogP contribution is -2.18. The summed E-state index contributed by atoms with van der Waals surface area (Å²) in [5.41, 5.74) is 1.98. The zero-order valence-corrected chi connectivity index (χ0v) is 13.0. The van der Waals surface area contributed by atoms with Crippen LogP contribution in [-0.2, 0) is 6.42 Å². The average molecular weight is 321 g/mol. The number of nitrogens with zero attached hydrogens (tertiary/aromatic N) is 1. The third kappa shape index (κ3) is 3.07. The van der Waals surface area contributed by atoms with Crippen LogP contribution in [0.25, 0.3) is 10.2 Å². The van der Waals surface area contributed by atoms with Crippen molar-refractivity contribution >= 4 is 33.2 Å². The average Bonchev–Trinajstić information content (AvgIpc) is 2.90. The molecule has 2 nitrogen and oxygen atoms in total. The zero-order chi connectivity index (χ0) is 14.8. The first kappa shape index (κ1) is 14.4. The molecule has 2 aromatic carbocycles. The number of fused-ring (bicyclic) bond motifs is 1. The molecule has 0 aliphatic rings. The number of hydrogen-bond acceptors (Lipinski definition) is 3. The van der Waals surface area contributed by atoms with E-state index in [9.17, 15) is 4.39 Å². The Morgan fingerprint density at radius 2 is 2.10 bits per heavy atom. The van der Waals surface area contributed by atoms with Gasteiger partial charge >= 0.3 is 0 Å². The lowest BCUT2D eigenvalue weighted by Gasteiger charge is -2.15. The van der Waals surface area contributed by atoms with Gasteiger partial charge in [-0.25, -0.2) is 9.37 Å². The van der Waals surface area contributed by atoms with Gasteiger partial charge in [0.1, 0.15) is 5.82 Å². The summed E-state index contributed by atoms with van der Waals surface area (Å²) >= 11 is 7.55. The van der Waals surface area contributed by atoms with Crippen LogP contribution in [0.3, 0.4) is 0 Å². The molecule has 0 spiro atoms. The normalized spacial score (nSPS) is 12.7. The molecule has 0 saturated carbocycles. The summed E-state index contributed by atoms with van der Waals surface area (Å²) in [5.74, 6) is -0.393. The second kappa shape index (κ2) is 6.10. The number of halogens is 2. The van der Waals surface area contributed by atoms with Crippen LogP contribution in [-0.4, -0.2) is 12.0 Å². The number of likely N-dealkylation sites (N-methyl/N-ethyl adjacent to an activating group) is 1. The van der Waals surface area contributed by atoms with Crippen LogP contribution in [0.4, 0.5) is 4.39 Å². The van der Waals surface area contributed by atoms with E-state index < -0.39 is 5.82 Å². The second-order valence-corrected chi connectivity index (χ2v) is 6.32. The number of nitrogens with one attached hydrogen (secondary N) is 1. The Balaban J connectivity index is 1.88. The van der Waals surface area contributed by atoms with Crippen LogP contribution in [0.2, 0.25) is 5.02 Å². The highest BCUT2D eigenvalue weighted by Crippen LogP contribution is 2.27. The van der Waals surface area contributed by atoms with E-state index in [0.29, 0.717) is 0 Å². The molecule has 1 unspecified atom stereocenters. The standard InChI is InChI=1S/C16H14ClFN2S/c1-19-14(10-6-7-12(18)11(17)8-10)9-16-20-13-4-2-3-5-15(13)21-16/h2-8,14,19H,9H2,1H3. The van der Waals surface area contributed by atoms with Gasteiger partial charge in [0.25, 0.3) is 0 Å². The predicted molar refractivity (Wildman–Crippen MR) is 86.5 cm³/mol. The lowest BCUT2D eigenvalue weighted by molar-refractivity contribution is 0.585. The molecule has 0 aliphatic heterocycles. The van der Waals surface area contributed by atoms with Gasteiger partial charge in [0.15, 0.2) is 0 Å². The Morgan fingerprint density at radius 1 is 1.29 bits per heavy atom. The van der Waals surface area contributed by atoms with E-state index >= 15 is 0 Å². The van der Waals surface area contributed by atoms with E-state index in [-0.39, 0.29) is 11.1 Å². The van der Waals surface area contributed by atoms with Gasteiger partial charge < -0.3 is 5.32 Å². The van der Waals surface area contributed by atoms with Gasteiger partial charge in [-0.2, -0.15) is 0 Å². The Bertz CT molecular complexity index is 739. The summed E-state index contributed by atoms with van der Waals surface area (Å²) in [5, 5.41) is 4.45. The molecule has 1 atom stereocenters. The van der Waals surface area contributed by atoms with Crippen molar-refractivity contribution in [3.8, 4) is 0 Å². The quantitative estimate of drug-likeness (QED) is 0.760. The summed E-state index contributed by atoms with van der Waals surface area (Å²) < 4.78 is 14.5. The van der Waals surface area contributed by atoms with Crippen molar-refractivity contribution in [2.45, 2.75) is 12.5 Å².